The predicted molar refractivity (Wildman–Crippen MR) is 79.3 cm³/mol. The molecule has 0 aliphatic heterocycles. The summed E-state index contributed by atoms with van der Waals surface area (Å²) in [5.41, 5.74) is 0.490. The van der Waals surface area contributed by atoms with Crippen LogP contribution in [0, 0.1) is 0 Å². The summed E-state index contributed by atoms with van der Waals surface area (Å²) in [6, 6.07) is 5.36. The zero-order chi connectivity index (χ0) is 14.1. The SMILES string of the molecule is CC(=O)c1c(Cl)cccc1O[Si](C)(C)C(C)(C)C. The molecule has 0 amide bonds. The van der Waals surface area contributed by atoms with Crippen LogP contribution in [0.15, 0.2) is 18.2 Å². The van der Waals surface area contributed by atoms with Gasteiger partial charge >= 0.3 is 0 Å². The molecule has 0 fully saturated rings. The first-order chi connectivity index (χ1) is 8.06. The van der Waals surface area contributed by atoms with Crippen molar-refractivity contribution in [1.29, 1.82) is 0 Å². The van der Waals surface area contributed by atoms with E-state index in [2.05, 4.69) is 33.9 Å². The van der Waals surface area contributed by atoms with Gasteiger partial charge in [-0.15, -0.1) is 0 Å². The van der Waals surface area contributed by atoms with Crippen LogP contribution in [0.5, 0.6) is 5.75 Å². The molecule has 100 valence electrons. The molecule has 1 aromatic rings. The summed E-state index contributed by atoms with van der Waals surface area (Å²) < 4.78 is 6.17. The molecule has 0 saturated heterocycles. The van der Waals surface area contributed by atoms with Crippen molar-refractivity contribution in [2.24, 2.45) is 0 Å². The van der Waals surface area contributed by atoms with Crippen LogP contribution in [-0.2, 0) is 0 Å². The molecule has 0 bridgehead atoms. The summed E-state index contributed by atoms with van der Waals surface area (Å²) in [4.78, 5) is 11.7. The van der Waals surface area contributed by atoms with E-state index < -0.39 is 8.32 Å². The van der Waals surface area contributed by atoms with E-state index >= 15 is 0 Å². The summed E-state index contributed by atoms with van der Waals surface area (Å²) in [7, 11) is -1.96. The molecule has 0 radical (unpaired) electrons. The van der Waals surface area contributed by atoms with Crippen LogP contribution in [0.3, 0.4) is 0 Å². The van der Waals surface area contributed by atoms with Crippen molar-refractivity contribution >= 4 is 25.7 Å². The molecular formula is C14H21ClO2Si. The molecule has 0 unspecified atom stereocenters. The molecule has 1 rings (SSSR count). The van der Waals surface area contributed by atoms with Crippen molar-refractivity contribution < 1.29 is 9.22 Å². The molecule has 18 heavy (non-hydrogen) atoms. The zero-order valence-corrected chi connectivity index (χ0v) is 13.7. The van der Waals surface area contributed by atoms with Crippen molar-refractivity contribution in [3.05, 3.63) is 28.8 Å². The highest BCUT2D eigenvalue weighted by Crippen LogP contribution is 2.39. The Morgan fingerprint density at radius 1 is 1.28 bits per heavy atom. The van der Waals surface area contributed by atoms with E-state index in [9.17, 15) is 4.79 Å². The average molecular weight is 285 g/mol. The van der Waals surface area contributed by atoms with Gasteiger partial charge in [0.2, 0.25) is 0 Å². The van der Waals surface area contributed by atoms with Gasteiger partial charge < -0.3 is 4.43 Å². The Labute approximate surface area is 115 Å². The molecule has 0 atom stereocenters. The summed E-state index contributed by atoms with van der Waals surface area (Å²) in [6.07, 6.45) is 0. The van der Waals surface area contributed by atoms with E-state index in [0.717, 1.165) is 0 Å². The second-order valence-electron chi connectivity index (χ2n) is 6.03. The Bertz CT molecular complexity index is 461. The fraction of sp³-hybridized carbons (Fsp3) is 0.500. The number of carbonyl (C=O) groups excluding carboxylic acids is 1. The number of carbonyl (C=O) groups is 1. The van der Waals surface area contributed by atoms with Crippen molar-refractivity contribution in [2.45, 2.75) is 45.8 Å². The van der Waals surface area contributed by atoms with E-state index in [-0.39, 0.29) is 10.8 Å². The van der Waals surface area contributed by atoms with E-state index in [1.54, 1.807) is 6.07 Å². The van der Waals surface area contributed by atoms with Gasteiger partial charge in [0.15, 0.2) is 5.78 Å². The smallest absolute Gasteiger partial charge is 0.250 e. The molecule has 0 spiro atoms. The lowest BCUT2D eigenvalue weighted by molar-refractivity contribution is 0.101. The third kappa shape index (κ3) is 3.15. The summed E-state index contributed by atoms with van der Waals surface area (Å²) >= 11 is 6.08. The van der Waals surface area contributed by atoms with E-state index in [4.69, 9.17) is 16.0 Å². The number of Topliss-reactive ketones (excluding diaryl/α,β-unsaturated/α-hetero) is 1. The highest BCUT2D eigenvalue weighted by molar-refractivity contribution is 6.74. The molecule has 0 N–H and O–H groups in total. The monoisotopic (exact) mass is 284 g/mol. The third-order valence-electron chi connectivity index (χ3n) is 3.50. The molecule has 0 aliphatic carbocycles. The number of benzene rings is 1. The largest absolute Gasteiger partial charge is 0.543 e. The van der Waals surface area contributed by atoms with Gasteiger partial charge in [-0.25, -0.2) is 0 Å². The Morgan fingerprint density at radius 2 is 1.83 bits per heavy atom. The van der Waals surface area contributed by atoms with Gasteiger partial charge in [0.1, 0.15) is 5.75 Å². The third-order valence-corrected chi connectivity index (χ3v) is 8.16. The van der Waals surface area contributed by atoms with Crippen molar-refractivity contribution in [1.82, 2.24) is 0 Å². The molecule has 2 nitrogen and oxygen atoms in total. The number of hydrogen-bond donors (Lipinski definition) is 0. The van der Waals surface area contributed by atoms with Crippen molar-refractivity contribution in [3.8, 4) is 5.75 Å². The minimum Gasteiger partial charge on any atom is -0.543 e. The summed E-state index contributed by atoms with van der Waals surface area (Å²) in [6.45, 7) is 12.3. The number of halogens is 1. The van der Waals surface area contributed by atoms with E-state index in [0.29, 0.717) is 16.3 Å². The van der Waals surface area contributed by atoms with Crippen molar-refractivity contribution in [2.75, 3.05) is 0 Å². The highest BCUT2D eigenvalue weighted by atomic mass is 35.5. The lowest BCUT2D eigenvalue weighted by atomic mass is 10.1. The van der Waals surface area contributed by atoms with E-state index in [1.165, 1.54) is 6.92 Å². The maximum absolute atomic E-state index is 11.7. The van der Waals surface area contributed by atoms with Crippen LogP contribution in [0.2, 0.25) is 23.2 Å². The summed E-state index contributed by atoms with van der Waals surface area (Å²) in [5.74, 6) is 0.552. The minimum atomic E-state index is -1.96. The summed E-state index contributed by atoms with van der Waals surface area (Å²) in [5, 5.41) is 0.544. The Morgan fingerprint density at radius 3 is 2.28 bits per heavy atom. The quantitative estimate of drug-likeness (QED) is 0.581. The van der Waals surface area contributed by atoms with Crippen LogP contribution in [0.25, 0.3) is 0 Å². The maximum Gasteiger partial charge on any atom is 0.250 e. The Balaban J connectivity index is 3.21. The first-order valence-electron chi connectivity index (χ1n) is 6.05. The van der Waals surface area contributed by atoms with Gasteiger partial charge in [0.05, 0.1) is 10.6 Å². The second-order valence-corrected chi connectivity index (χ2v) is 11.2. The number of ketones is 1. The Hall–Kier alpha value is -0.803. The lowest BCUT2D eigenvalue weighted by Gasteiger charge is -2.37. The first-order valence-corrected chi connectivity index (χ1v) is 9.33. The number of rotatable bonds is 3. The van der Waals surface area contributed by atoms with Gasteiger partial charge in [-0.05, 0) is 37.2 Å². The van der Waals surface area contributed by atoms with Gasteiger partial charge in [-0.2, -0.15) is 0 Å². The van der Waals surface area contributed by atoms with Crippen LogP contribution in [-0.4, -0.2) is 14.1 Å². The average Bonchev–Trinajstić information content (AvgIpc) is 2.14. The lowest BCUT2D eigenvalue weighted by Crippen LogP contribution is -2.44. The Kier molecular flexibility index (Phi) is 4.29. The van der Waals surface area contributed by atoms with Gasteiger partial charge in [-0.1, -0.05) is 38.4 Å². The first kappa shape index (κ1) is 15.3. The molecule has 0 aromatic heterocycles. The fourth-order valence-electron chi connectivity index (χ4n) is 1.36. The van der Waals surface area contributed by atoms with Crippen LogP contribution >= 0.6 is 11.6 Å². The molecule has 0 saturated carbocycles. The van der Waals surface area contributed by atoms with Crippen LogP contribution in [0.1, 0.15) is 38.1 Å². The normalized spacial score (nSPS) is 12.4. The molecule has 0 aliphatic rings. The second kappa shape index (κ2) is 5.06. The van der Waals surface area contributed by atoms with Gasteiger partial charge in [0, 0.05) is 0 Å². The van der Waals surface area contributed by atoms with E-state index in [1.807, 2.05) is 12.1 Å². The molecule has 1 aromatic carbocycles. The molecular weight excluding hydrogens is 264 g/mol. The fourth-order valence-corrected chi connectivity index (χ4v) is 2.68. The zero-order valence-electron chi connectivity index (χ0n) is 11.9. The standard InChI is InChI=1S/C14H21ClO2Si/c1-10(16)13-11(15)8-7-9-12(13)17-18(5,6)14(2,3)4/h7-9H,1-6H3. The predicted octanol–water partition coefficient (Wildman–Crippen LogP) is 4.93. The maximum atomic E-state index is 11.7. The van der Waals surface area contributed by atoms with Crippen LogP contribution in [0.4, 0.5) is 0 Å². The minimum absolute atomic E-state index is 0.0608. The molecule has 4 heteroatoms. The van der Waals surface area contributed by atoms with Crippen LogP contribution < -0.4 is 4.43 Å². The number of hydrogen-bond acceptors (Lipinski definition) is 2. The highest BCUT2D eigenvalue weighted by Gasteiger charge is 2.39. The van der Waals surface area contributed by atoms with Crippen molar-refractivity contribution in [3.63, 3.8) is 0 Å². The van der Waals surface area contributed by atoms with Gasteiger partial charge in [0.25, 0.3) is 8.32 Å². The topological polar surface area (TPSA) is 26.3 Å². The molecule has 0 heterocycles. The van der Waals surface area contributed by atoms with Gasteiger partial charge in [-0.3, -0.25) is 4.79 Å².